The fourth-order valence-electron chi connectivity index (χ4n) is 2.64. The molecule has 22 heavy (non-hydrogen) atoms. The lowest BCUT2D eigenvalue weighted by atomic mass is 9.95. The summed E-state index contributed by atoms with van der Waals surface area (Å²) in [4.78, 5) is 0. The smallest absolute Gasteiger partial charge is 0.145 e. The molecule has 0 aromatic heterocycles. The minimum atomic E-state index is -0.859. The number of hydrogen-bond acceptors (Lipinski definition) is 2. The Morgan fingerprint density at radius 2 is 1.86 bits per heavy atom. The number of hydrogen-bond donors (Lipinski definition) is 1. The van der Waals surface area contributed by atoms with Crippen molar-refractivity contribution in [2.75, 3.05) is 6.54 Å². The van der Waals surface area contributed by atoms with Gasteiger partial charge in [0, 0.05) is 23.7 Å². The number of ether oxygens (including phenoxy) is 1. The molecule has 0 aliphatic carbocycles. The van der Waals surface area contributed by atoms with Gasteiger partial charge in [-0.1, -0.05) is 41.4 Å². The van der Waals surface area contributed by atoms with Crippen molar-refractivity contribution >= 4 is 23.2 Å². The molecule has 0 fully saturated rings. The fraction of sp³-hybridized carbons (Fsp3) is 0.250. The van der Waals surface area contributed by atoms with Crippen LogP contribution in [0.3, 0.4) is 0 Å². The fourth-order valence-corrected chi connectivity index (χ4v) is 3.19. The van der Waals surface area contributed by atoms with E-state index in [1.807, 2.05) is 6.07 Å². The first-order valence-electron chi connectivity index (χ1n) is 6.85. The van der Waals surface area contributed by atoms with Crippen LogP contribution in [-0.4, -0.2) is 12.6 Å². The number of nitrogens with two attached hydrogens (primary N) is 1. The van der Waals surface area contributed by atoms with Crippen LogP contribution in [0.15, 0.2) is 24.3 Å². The van der Waals surface area contributed by atoms with E-state index in [0.29, 0.717) is 23.9 Å². The number of para-hydroxylation sites is 1. The first-order valence-corrected chi connectivity index (χ1v) is 7.60. The van der Waals surface area contributed by atoms with Gasteiger partial charge < -0.3 is 10.5 Å². The number of halogens is 4. The second-order valence-corrected chi connectivity index (χ2v) is 5.91. The molecule has 2 aromatic rings. The first kappa shape index (κ1) is 15.5. The molecule has 0 radical (unpaired) electrons. The third-order valence-electron chi connectivity index (χ3n) is 3.76. The molecule has 2 N–H and O–H groups in total. The Hall–Kier alpha value is -1.36. The van der Waals surface area contributed by atoms with Crippen molar-refractivity contribution in [2.24, 2.45) is 5.73 Å². The molecule has 0 bridgehead atoms. The summed E-state index contributed by atoms with van der Waals surface area (Å²) >= 11 is 12.0. The van der Waals surface area contributed by atoms with E-state index < -0.39 is 11.6 Å². The highest BCUT2D eigenvalue weighted by molar-refractivity contribution is 6.39. The topological polar surface area (TPSA) is 35.2 Å². The van der Waals surface area contributed by atoms with Gasteiger partial charge in [0.05, 0.1) is 10.0 Å². The van der Waals surface area contributed by atoms with Gasteiger partial charge in [0.1, 0.15) is 23.5 Å². The highest BCUT2D eigenvalue weighted by Gasteiger charge is 2.26. The Morgan fingerprint density at radius 3 is 2.50 bits per heavy atom. The molecule has 3 rings (SSSR count). The molecule has 2 aromatic carbocycles. The molecule has 0 saturated carbocycles. The van der Waals surface area contributed by atoms with E-state index >= 15 is 0 Å². The molecular formula is C16H13Cl2F2NO. The SMILES string of the molecule is NC[C@H]1CCc2cccc(-c3c(Cl)c(F)cc(F)c3Cl)c2O1. The van der Waals surface area contributed by atoms with Crippen molar-refractivity contribution in [3.05, 3.63) is 51.5 Å². The van der Waals surface area contributed by atoms with Gasteiger partial charge in [0.15, 0.2) is 0 Å². The van der Waals surface area contributed by atoms with Gasteiger partial charge in [-0.3, -0.25) is 0 Å². The van der Waals surface area contributed by atoms with Crippen LogP contribution >= 0.6 is 23.2 Å². The van der Waals surface area contributed by atoms with Crippen molar-refractivity contribution in [2.45, 2.75) is 18.9 Å². The average Bonchev–Trinajstić information content (AvgIpc) is 2.53. The van der Waals surface area contributed by atoms with Crippen LogP contribution in [0.4, 0.5) is 8.78 Å². The molecule has 0 unspecified atom stereocenters. The van der Waals surface area contributed by atoms with Gasteiger partial charge in [0.2, 0.25) is 0 Å². The van der Waals surface area contributed by atoms with E-state index in [1.54, 1.807) is 12.1 Å². The van der Waals surface area contributed by atoms with E-state index in [9.17, 15) is 8.78 Å². The molecule has 1 atom stereocenters. The summed E-state index contributed by atoms with van der Waals surface area (Å²) < 4.78 is 33.4. The van der Waals surface area contributed by atoms with Crippen molar-refractivity contribution in [3.63, 3.8) is 0 Å². The molecule has 1 aliphatic rings. The maximum Gasteiger partial charge on any atom is 0.145 e. The molecule has 0 amide bonds. The van der Waals surface area contributed by atoms with Crippen LogP contribution in [0.5, 0.6) is 5.75 Å². The third kappa shape index (κ3) is 2.56. The third-order valence-corrected chi connectivity index (χ3v) is 4.50. The van der Waals surface area contributed by atoms with Gasteiger partial charge in [0.25, 0.3) is 0 Å². The minimum Gasteiger partial charge on any atom is -0.488 e. The van der Waals surface area contributed by atoms with E-state index in [1.165, 1.54) is 0 Å². The Kier molecular flexibility index (Phi) is 4.26. The number of benzene rings is 2. The predicted molar refractivity (Wildman–Crippen MR) is 83.6 cm³/mol. The van der Waals surface area contributed by atoms with Crippen molar-refractivity contribution in [1.82, 2.24) is 0 Å². The summed E-state index contributed by atoms with van der Waals surface area (Å²) in [5.41, 5.74) is 7.19. The Bertz CT molecular complexity index is 710. The van der Waals surface area contributed by atoms with Crippen LogP contribution in [0, 0.1) is 11.6 Å². The van der Waals surface area contributed by atoms with E-state index in [0.717, 1.165) is 18.4 Å². The maximum absolute atomic E-state index is 13.8. The van der Waals surface area contributed by atoms with Gasteiger partial charge >= 0.3 is 0 Å². The summed E-state index contributed by atoms with van der Waals surface area (Å²) in [5, 5.41) is -0.448. The zero-order valence-electron chi connectivity index (χ0n) is 11.5. The zero-order valence-corrected chi connectivity index (χ0v) is 13.0. The van der Waals surface area contributed by atoms with Crippen molar-refractivity contribution in [1.29, 1.82) is 0 Å². The summed E-state index contributed by atoms with van der Waals surface area (Å²) in [5.74, 6) is -1.18. The molecule has 0 spiro atoms. The van der Waals surface area contributed by atoms with Crippen LogP contribution in [0.25, 0.3) is 11.1 Å². The zero-order chi connectivity index (χ0) is 15.9. The van der Waals surface area contributed by atoms with Crippen LogP contribution < -0.4 is 10.5 Å². The first-order chi connectivity index (χ1) is 10.5. The second kappa shape index (κ2) is 6.03. The Labute approximate surface area is 136 Å². The molecule has 2 nitrogen and oxygen atoms in total. The molecule has 0 saturated heterocycles. The second-order valence-electron chi connectivity index (χ2n) is 5.15. The maximum atomic E-state index is 13.8. The van der Waals surface area contributed by atoms with Crippen LogP contribution in [-0.2, 0) is 6.42 Å². The molecule has 6 heteroatoms. The quantitative estimate of drug-likeness (QED) is 0.809. The minimum absolute atomic E-state index is 0.107. The van der Waals surface area contributed by atoms with Crippen LogP contribution in [0.1, 0.15) is 12.0 Å². The van der Waals surface area contributed by atoms with E-state index in [2.05, 4.69) is 0 Å². The monoisotopic (exact) mass is 343 g/mol. The summed E-state index contributed by atoms with van der Waals surface area (Å²) in [6.45, 7) is 0.368. The summed E-state index contributed by atoms with van der Waals surface area (Å²) in [6, 6.07) is 6.05. The highest BCUT2D eigenvalue weighted by atomic mass is 35.5. The molecule has 1 aliphatic heterocycles. The molecular weight excluding hydrogens is 331 g/mol. The predicted octanol–water partition coefficient (Wildman–Crippen LogP) is 4.59. The number of aryl methyl sites for hydroxylation is 1. The van der Waals surface area contributed by atoms with Gasteiger partial charge in [-0.15, -0.1) is 0 Å². The van der Waals surface area contributed by atoms with Crippen LogP contribution in [0.2, 0.25) is 10.0 Å². The lowest BCUT2D eigenvalue weighted by Crippen LogP contribution is -2.30. The van der Waals surface area contributed by atoms with Crippen molar-refractivity contribution < 1.29 is 13.5 Å². The van der Waals surface area contributed by atoms with Gasteiger partial charge in [-0.05, 0) is 18.4 Å². The molecule has 116 valence electrons. The van der Waals surface area contributed by atoms with Gasteiger partial charge in [-0.25, -0.2) is 8.78 Å². The average molecular weight is 344 g/mol. The summed E-state index contributed by atoms with van der Waals surface area (Å²) in [7, 11) is 0. The van der Waals surface area contributed by atoms with E-state index in [4.69, 9.17) is 33.7 Å². The van der Waals surface area contributed by atoms with Gasteiger partial charge in [-0.2, -0.15) is 0 Å². The van der Waals surface area contributed by atoms with E-state index in [-0.39, 0.29) is 21.7 Å². The Morgan fingerprint density at radius 1 is 1.18 bits per heavy atom. The van der Waals surface area contributed by atoms with Crippen molar-refractivity contribution in [3.8, 4) is 16.9 Å². The standard InChI is InChI=1S/C16H13Cl2F2NO/c17-14-11(19)6-12(20)15(18)13(14)10-3-1-2-8-4-5-9(7-21)22-16(8)10/h1-3,6,9H,4-5,7,21H2/t9-/m1/s1. The number of rotatable bonds is 2. The normalized spacial score (nSPS) is 17.0. The highest BCUT2D eigenvalue weighted by Crippen LogP contribution is 2.45. The Balaban J connectivity index is 2.23. The largest absolute Gasteiger partial charge is 0.488 e. The molecule has 1 heterocycles. The lowest BCUT2D eigenvalue weighted by molar-refractivity contribution is 0.182. The summed E-state index contributed by atoms with van der Waals surface area (Å²) in [6.07, 6.45) is 1.44. The lowest BCUT2D eigenvalue weighted by Gasteiger charge is -2.27. The number of fused-ring (bicyclic) bond motifs is 1.